The predicted molar refractivity (Wildman–Crippen MR) is 128 cm³/mol. The van der Waals surface area contributed by atoms with E-state index in [1.54, 1.807) is 0 Å². The summed E-state index contributed by atoms with van der Waals surface area (Å²) in [6, 6.07) is 17.2. The Morgan fingerprint density at radius 1 is 1.03 bits per heavy atom. The van der Waals surface area contributed by atoms with Crippen LogP contribution >= 0.6 is 11.8 Å². The van der Waals surface area contributed by atoms with Gasteiger partial charge in [0.1, 0.15) is 5.75 Å². The number of rotatable bonds is 9. The fourth-order valence-electron chi connectivity index (χ4n) is 3.44. The summed E-state index contributed by atoms with van der Waals surface area (Å²) in [7, 11) is 0. The van der Waals surface area contributed by atoms with Crippen molar-refractivity contribution < 1.29 is 27.9 Å². The molecule has 1 N–H and O–H groups in total. The maximum absolute atomic E-state index is 12.6. The molecule has 0 radical (unpaired) electrons. The fourth-order valence-corrected chi connectivity index (χ4v) is 4.30. The SMILES string of the molecule is O=C(Cc1ccc(-n2cccc2)cc1)NCCN1C(=O)S/C(=C\c2ccc(OC(F)F)cc2)C1=O. The molecule has 2 aromatic carbocycles. The van der Waals surface area contributed by atoms with Crippen molar-refractivity contribution in [3.05, 3.63) is 89.1 Å². The van der Waals surface area contributed by atoms with Crippen LogP contribution in [0.25, 0.3) is 11.8 Å². The molecule has 1 fully saturated rings. The maximum Gasteiger partial charge on any atom is 0.387 e. The number of amides is 3. The third-order valence-electron chi connectivity index (χ3n) is 5.14. The van der Waals surface area contributed by atoms with Crippen molar-refractivity contribution in [3.63, 3.8) is 0 Å². The predicted octanol–water partition coefficient (Wildman–Crippen LogP) is 4.47. The number of alkyl halides is 2. The summed E-state index contributed by atoms with van der Waals surface area (Å²) < 4.78 is 30.8. The molecule has 3 amide bonds. The van der Waals surface area contributed by atoms with Gasteiger partial charge in [-0.1, -0.05) is 24.3 Å². The van der Waals surface area contributed by atoms with Crippen molar-refractivity contribution >= 4 is 34.9 Å². The lowest BCUT2D eigenvalue weighted by Gasteiger charge is -2.13. The molecule has 0 atom stereocenters. The molecule has 4 rings (SSSR count). The smallest absolute Gasteiger partial charge is 0.387 e. The lowest BCUT2D eigenvalue weighted by molar-refractivity contribution is -0.124. The van der Waals surface area contributed by atoms with Crippen LogP contribution < -0.4 is 10.1 Å². The largest absolute Gasteiger partial charge is 0.435 e. The second kappa shape index (κ2) is 11.0. The Morgan fingerprint density at radius 2 is 1.71 bits per heavy atom. The van der Waals surface area contributed by atoms with Crippen molar-refractivity contribution in [3.8, 4) is 11.4 Å². The topological polar surface area (TPSA) is 80.6 Å². The zero-order valence-electron chi connectivity index (χ0n) is 18.4. The summed E-state index contributed by atoms with van der Waals surface area (Å²) in [5.74, 6) is -0.687. The number of hydrogen-bond acceptors (Lipinski definition) is 5. The van der Waals surface area contributed by atoms with E-state index in [2.05, 4.69) is 10.1 Å². The molecular formula is C25H21F2N3O4S. The number of carbonyl (C=O) groups is 3. The number of thioether (sulfide) groups is 1. The van der Waals surface area contributed by atoms with Crippen LogP contribution in [0.3, 0.4) is 0 Å². The van der Waals surface area contributed by atoms with Crippen LogP contribution in [0.2, 0.25) is 0 Å². The standard InChI is InChI=1S/C25H21F2N3O4S/c26-24(27)34-20-9-5-17(6-10-20)15-21-23(32)30(25(33)35-21)14-11-28-22(31)16-18-3-7-19(8-4-18)29-12-1-2-13-29/h1-10,12-13,15,24H,11,14,16H2,(H,28,31)/b21-15-. The van der Waals surface area contributed by atoms with Gasteiger partial charge in [0.15, 0.2) is 0 Å². The molecule has 1 saturated heterocycles. The third kappa shape index (κ3) is 6.36. The zero-order valence-corrected chi connectivity index (χ0v) is 19.2. The molecular weight excluding hydrogens is 476 g/mol. The first-order valence-corrected chi connectivity index (χ1v) is 11.5. The van der Waals surface area contributed by atoms with Crippen LogP contribution in [0.5, 0.6) is 5.75 Å². The Hall–Kier alpha value is -3.92. The second-order valence-corrected chi connectivity index (χ2v) is 8.56. The van der Waals surface area contributed by atoms with E-state index in [9.17, 15) is 23.2 Å². The van der Waals surface area contributed by atoms with Crippen LogP contribution in [-0.4, -0.2) is 46.2 Å². The van der Waals surface area contributed by atoms with Crippen LogP contribution in [-0.2, 0) is 16.0 Å². The molecule has 0 unspecified atom stereocenters. The van der Waals surface area contributed by atoms with Gasteiger partial charge in [0.25, 0.3) is 11.1 Å². The van der Waals surface area contributed by atoms with Crippen molar-refractivity contribution in [2.24, 2.45) is 0 Å². The first-order chi connectivity index (χ1) is 16.9. The Balaban J connectivity index is 1.26. The highest BCUT2D eigenvalue weighted by molar-refractivity contribution is 8.18. The summed E-state index contributed by atoms with van der Waals surface area (Å²) in [5.41, 5.74) is 2.40. The molecule has 3 aromatic rings. The quantitative estimate of drug-likeness (QED) is 0.441. The molecule has 0 saturated carbocycles. The van der Waals surface area contributed by atoms with Gasteiger partial charge in [0.05, 0.1) is 11.3 Å². The molecule has 0 aliphatic carbocycles. The summed E-state index contributed by atoms with van der Waals surface area (Å²) >= 11 is 0.786. The van der Waals surface area contributed by atoms with Gasteiger partial charge in [0, 0.05) is 31.2 Å². The minimum atomic E-state index is -2.92. The number of halogens is 2. The Kier molecular flexibility index (Phi) is 7.61. The Bertz CT molecular complexity index is 1230. The van der Waals surface area contributed by atoms with Gasteiger partial charge in [-0.05, 0) is 65.4 Å². The van der Waals surface area contributed by atoms with Gasteiger partial charge >= 0.3 is 6.61 Å². The molecule has 0 spiro atoms. The van der Waals surface area contributed by atoms with Gasteiger partial charge in [0.2, 0.25) is 5.91 Å². The highest BCUT2D eigenvalue weighted by Gasteiger charge is 2.34. The summed E-state index contributed by atoms with van der Waals surface area (Å²) in [6.07, 6.45) is 5.55. The van der Waals surface area contributed by atoms with Crippen LogP contribution in [0, 0.1) is 0 Å². The second-order valence-electron chi connectivity index (χ2n) is 7.56. The van der Waals surface area contributed by atoms with Crippen molar-refractivity contribution in [2.75, 3.05) is 13.1 Å². The van der Waals surface area contributed by atoms with Gasteiger partial charge in [-0.25, -0.2) is 0 Å². The zero-order chi connectivity index (χ0) is 24.8. The van der Waals surface area contributed by atoms with E-state index in [0.717, 1.165) is 27.9 Å². The van der Waals surface area contributed by atoms with Crippen LogP contribution in [0.15, 0.2) is 78.0 Å². The van der Waals surface area contributed by atoms with E-state index in [0.29, 0.717) is 5.56 Å². The minimum Gasteiger partial charge on any atom is -0.435 e. The molecule has 35 heavy (non-hydrogen) atoms. The Labute approximate surface area is 204 Å². The summed E-state index contributed by atoms with van der Waals surface area (Å²) in [6.45, 7) is -2.75. The van der Waals surface area contributed by atoms with E-state index in [4.69, 9.17) is 0 Å². The molecule has 1 aliphatic heterocycles. The average molecular weight is 498 g/mol. The maximum atomic E-state index is 12.6. The number of ether oxygens (including phenoxy) is 1. The van der Waals surface area contributed by atoms with Gasteiger partial charge in [-0.3, -0.25) is 19.3 Å². The third-order valence-corrected chi connectivity index (χ3v) is 6.05. The number of imide groups is 1. The van der Waals surface area contributed by atoms with E-state index in [1.807, 2.05) is 53.4 Å². The lowest BCUT2D eigenvalue weighted by atomic mass is 10.1. The number of carbonyl (C=O) groups excluding carboxylic acids is 3. The lowest BCUT2D eigenvalue weighted by Crippen LogP contribution is -2.37. The highest BCUT2D eigenvalue weighted by atomic mass is 32.2. The first-order valence-electron chi connectivity index (χ1n) is 10.7. The van der Waals surface area contributed by atoms with Gasteiger partial charge < -0.3 is 14.6 Å². The monoisotopic (exact) mass is 497 g/mol. The van der Waals surface area contributed by atoms with Crippen molar-refractivity contribution in [2.45, 2.75) is 13.0 Å². The van der Waals surface area contributed by atoms with E-state index in [-0.39, 0.29) is 36.1 Å². The molecule has 1 aromatic heterocycles. The molecule has 7 nitrogen and oxygen atoms in total. The molecule has 0 bridgehead atoms. The minimum absolute atomic E-state index is 0.00200. The molecule has 2 heterocycles. The van der Waals surface area contributed by atoms with Crippen LogP contribution in [0.4, 0.5) is 13.6 Å². The normalized spacial score (nSPS) is 14.7. The number of nitrogens with one attached hydrogen (secondary N) is 1. The number of aromatic nitrogens is 1. The molecule has 180 valence electrons. The van der Waals surface area contributed by atoms with Crippen LogP contribution in [0.1, 0.15) is 11.1 Å². The number of hydrogen-bond donors (Lipinski definition) is 1. The van der Waals surface area contributed by atoms with Crippen molar-refractivity contribution in [1.82, 2.24) is 14.8 Å². The number of benzene rings is 2. The first kappa shape index (κ1) is 24.2. The van der Waals surface area contributed by atoms with Crippen molar-refractivity contribution in [1.29, 1.82) is 0 Å². The highest BCUT2D eigenvalue weighted by Crippen LogP contribution is 2.32. The van der Waals surface area contributed by atoms with Gasteiger partial charge in [-0.2, -0.15) is 8.78 Å². The molecule has 1 aliphatic rings. The van der Waals surface area contributed by atoms with Gasteiger partial charge in [-0.15, -0.1) is 0 Å². The van der Waals surface area contributed by atoms with E-state index < -0.39 is 17.8 Å². The molecule has 10 heteroatoms. The summed E-state index contributed by atoms with van der Waals surface area (Å²) in [5, 5.41) is 2.30. The van der Waals surface area contributed by atoms with E-state index in [1.165, 1.54) is 30.3 Å². The Morgan fingerprint density at radius 3 is 2.37 bits per heavy atom. The fraction of sp³-hybridized carbons (Fsp3) is 0.160. The average Bonchev–Trinajstić information content (AvgIpc) is 3.45. The summed E-state index contributed by atoms with van der Waals surface area (Å²) in [4.78, 5) is 38.4. The van der Waals surface area contributed by atoms with E-state index >= 15 is 0 Å². The number of nitrogens with zero attached hydrogens (tertiary/aromatic N) is 2.